The maximum atomic E-state index is 6.03. The number of ether oxygens (including phenoxy) is 1. The van der Waals surface area contributed by atoms with Crippen molar-refractivity contribution in [3.8, 4) is 0 Å². The first-order valence-corrected chi connectivity index (χ1v) is 7.88. The van der Waals surface area contributed by atoms with Gasteiger partial charge in [0.2, 0.25) is 0 Å². The number of hydrogen-bond donors (Lipinski definition) is 1. The highest BCUT2D eigenvalue weighted by Gasteiger charge is 2.33. The van der Waals surface area contributed by atoms with Crippen LogP contribution in [0.2, 0.25) is 0 Å². The Bertz CT molecular complexity index is 623. The van der Waals surface area contributed by atoms with E-state index in [0.29, 0.717) is 5.92 Å². The zero-order chi connectivity index (χ0) is 15.5. The normalized spacial score (nSPS) is 21.4. The molecule has 0 saturated carbocycles. The van der Waals surface area contributed by atoms with Crippen molar-refractivity contribution in [1.82, 2.24) is 20.1 Å². The molecule has 5 heteroatoms. The summed E-state index contributed by atoms with van der Waals surface area (Å²) >= 11 is 0. The molecule has 2 aromatic rings. The van der Waals surface area contributed by atoms with E-state index >= 15 is 0 Å². The van der Waals surface area contributed by atoms with E-state index in [1.165, 1.54) is 16.8 Å². The number of hydrogen-bond acceptors (Lipinski definition) is 4. The molecule has 0 radical (unpaired) electrons. The van der Waals surface area contributed by atoms with Gasteiger partial charge >= 0.3 is 0 Å². The Hall–Kier alpha value is -1.72. The van der Waals surface area contributed by atoms with Crippen LogP contribution in [0.25, 0.3) is 0 Å². The maximum absolute atomic E-state index is 6.03. The molecule has 0 spiro atoms. The van der Waals surface area contributed by atoms with Crippen LogP contribution in [-0.4, -0.2) is 27.9 Å². The van der Waals surface area contributed by atoms with Crippen molar-refractivity contribution >= 4 is 0 Å². The summed E-state index contributed by atoms with van der Waals surface area (Å²) in [6.07, 6.45) is 4.93. The lowest BCUT2D eigenvalue weighted by molar-refractivity contribution is 0.0893. The molecule has 1 saturated heterocycles. The summed E-state index contributed by atoms with van der Waals surface area (Å²) in [5, 5.41) is 8.08. The third-order valence-corrected chi connectivity index (χ3v) is 4.55. The number of aryl methyl sites for hydroxylation is 2. The van der Waals surface area contributed by atoms with Crippen LogP contribution in [0.3, 0.4) is 0 Å². The lowest BCUT2D eigenvalue weighted by atomic mass is 9.94. The van der Waals surface area contributed by atoms with Gasteiger partial charge in [0.15, 0.2) is 0 Å². The van der Waals surface area contributed by atoms with Crippen LogP contribution in [0.15, 0.2) is 24.5 Å². The van der Waals surface area contributed by atoms with E-state index in [2.05, 4.69) is 29.2 Å². The van der Waals surface area contributed by atoms with Gasteiger partial charge in [-0.1, -0.05) is 0 Å². The van der Waals surface area contributed by atoms with Crippen molar-refractivity contribution in [3.63, 3.8) is 0 Å². The molecule has 5 nitrogen and oxygen atoms in total. The second-order valence-electron chi connectivity index (χ2n) is 6.03. The first-order valence-electron chi connectivity index (χ1n) is 7.88. The van der Waals surface area contributed by atoms with Crippen LogP contribution >= 0.6 is 0 Å². The molecule has 0 bridgehead atoms. The quantitative estimate of drug-likeness (QED) is 0.920. The van der Waals surface area contributed by atoms with Gasteiger partial charge in [0.25, 0.3) is 0 Å². The fourth-order valence-corrected chi connectivity index (χ4v) is 3.27. The van der Waals surface area contributed by atoms with Crippen molar-refractivity contribution in [2.24, 2.45) is 13.0 Å². The molecule has 1 aliphatic heterocycles. The van der Waals surface area contributed by atoms with E-state index in [9.17, 15) is 0 Å². The van der Waals surface area contributed by atoms with E-state index in [-0.39, 0.29) is 6.10 Å². The first-order chi connectivity index (χ1) is 10.7. The smallest absolute Gasteiger partial charge is 0.0901 e. The Kier molecular flexibility index (Phi) is 4.55. The van der Waals surface area contributed by atoms with Gasteiger partial charge in [-0.05, 0) is 38.0 Å². The van der Waals surface area contributed by atoms with Crippen LogP contribution in [0, 0.1) is 19.8 Å². The number of pyridine rings is 1. The average Bonchev–Trinajstić information content (AvgIpc) is 3.05. The lowest BCUT2D eigenvalue weighted by Crippen LogP contribution is -2.25. The molecule has 118 valence electrons. The van der Waals surface area contributed by atoms with Gasteiger partial charge in [-0.15, -0.1) is 0 Å². The molecule has 2 aromatic heterocycles. The summed E-state index contributed by atoms with van der Waals surface area (Å²) in [6, 6.07) is 4.09. The molecular weight excluding hydrogens is 276 g/mol. The van der Waals surface area contributed by atoms with Crippen LogP contribution in [-0.2, 0) is 18.3 Å². The minimum atomic E-state index is 0.165. The fourth-order valence-electron chi connectivity index (χ4n) is 3.27. The van der Waals surface area contributed by atoms with E-state index in [4.69, 9.17) is 4.74 Å². The van der Waals surface area contributed by atoms with Gasteiger partial charge in [-0.2, -0.15) is 5.10 Å². The number of nitrogens with zero attached hydrogens (tertiary/aromatic N) is 3. The van der Waals surface area contributed by atoms with Gasteiger partial charge in [0, 0.05) is 56.3 Å². The van der Waals surface area contributed by atoms with Gasteiger partial charge in [0.05, 0.1) is 11.8 Å². The Balaban J connectivity index is 1.63. The summed E-state index contributed by atoms with van der Waals surface area (Å²) in [6.45, 7) is 6.86. The molecule has 1 fully saturated rings. The molecule has 2 atom stereocenters. The van der Waals surface area contributed by atoms with Crippen LogP contribution < -0.4 is 5.32 Å². The standard InChI is InChI=1S/C17H24N4O/c1-12-16(13(2)21(3)20-12)17-15(6-9-22-17)11-19-10-14-4-7-18-8-5-14/h4-5,7-8,15,17,19H,6,9-11H2,1-3H3/t15-,17-/m0/s1. The second kappa shape index (κ2) is 6.58. The molecule has 1 N–H and O–H groups in total. The highest BCUT2D eigenvalue weighted by atomic mass is 16.5. The fraction of sp³-hybridized carbons (Fsp3) is 0.529. The number of nitrogens with one attached hydrogen (secondary N) is 1. The lowest BCUT2D eigenvalue weighted by Gasteiger charge is -2.20. The predicted octanol–water partition coefficient (Wildman–Crippen LogP) is 2.30. The Morgan fingerprint density at radius 1 is 1.32 bits per heavy atom. The SMILES string of the molecule is Cc1nn(C)c(C)c1[C@H]1OCC[C@H]1CNCc1ccncc1. The summed E-state index contributed by atoms with van der Waals surface area (Å²) in [7, 11) is 2.00. The van der Waals surface area contributed by atoms with E-state index in [1.807, 2.05) is 36.3 Å². The summed E-state index contributed by atoms with van der Waals surface area (Å²) < 4.78 is 7.98. The average molecular weight is 300 g/mol. The third kappa shape index (κ3) is 3.05. The molecule has 0 unspecified atom stereocenters. The van der Waals surface area contributed by atoms with Crippen molar-refractivity contribution in [2.45, 2.75) is 32.9 Å². The molecular formula is C17H24N4O. The topological polar surface area (TPSA) is 52.0 Å². The van der Waals surface area contributed by atoms with E-state index in [1.54, 1.807) is 0 Å². The Labute approximate surface area is 131 Å². The van der Waals surface area contributed by atoms with Crippen LogP contribution in [0.1, 0.15) is 35.0 Å². The van der Waals surface area contributed by atoms with E-state index < -0.39 is 0 Å². The molecule has 1 aliphatic rings. The first kappa shape index (κ1) is 15.2. The zero-order valence-electron chi connectivity index (χ0n) is 13.5. The zero-order valence-corrected chi connectivity index (χ0v) is 13.5. The monoisotopic (exact) mass is 300 g/mol. The van der Waals surface area contributed by atoms with Gasteiger partial charge < -0.3 is 10.1 Å². The second-order valence-corrected chi connectivity index (χ2v) is 6.03. The van der Waals surface area contributed by atoms with Gasteiger partial charge in [0.1, 0.15) is 0 Å². The van der Waals surface area contributed by atoms with Gasteiger partial charge in [-0.3, -0.25) is 9.67 Å². The number of aromatic nitrogens is 3. The minimum absolute atomic E-state index is 0.165. The Morgan fingerprint density at radius 2 is 2.09 bits per heavy atom. The Morgan fingerprint density at radius 3 is 2.77 bits per heavy atom. The predicted molar refractivity (Wildman–Crippen MR) is 85.4 cm³/mol. The van der Waals surface area contributed by atoms with E-state index in [0.717, 1.165) is 31.8 Å². The summed E-state index contributed by atoms with van der Waals surface area (Å²) in [5.41, 5.74) is 4.84. The summed E-state index contributed by atoms with van der Waals surface area (Å²) in [5.74, 6) is 0.503. The van der Waals surface area contributed by atoms with Gasteiger partial charge in [-0.25, -0.2) is 0 Å². The maximum Gasteiger partial charge on any atom is 0.0901 e. The summed E-state index contributed by atoms with van der Waals surface area (Å²) in [4.78, 5) is 4.05. The van der Waals surface area contributed by atoms with Crippen molar-refractivity contribution in [3.05, 3.63) is 47.0 Å². The minimum Gasteiger partial charge on any atom is -0.373 e. The van der Waals surface area contributed by atoms with Crippen molar-refractivity contribution in [2.75, 3.05) is 13.2 Å². The van der Waals surface area contributed by atoms with Crippen LogP contribution in [0.5, 0.6) is 0 Å². The molecule has 0 aromatic carbocycles. The largest absolute Gasteiger partial charge is 0.373 e. The van der Waals surface area contributed by atoms with Crippen molar-refractivity contribution in [1.29, 1.82) is 0 Å². The van der Waals surface area contributed by atoms with Crippen molar-refractivity contribution < 1.29 is 4.74 Å². The molecule has 0 aliphatic carbocycles. The molecule has 0 amide bonds. The van der Waals surface area contributed by atoms with Crippen LogP contribution in [0.4, 0.5) is 0 Å². The third-order valence-electron chi connectivity index (χ3n) is 4.55. The highest BCUT2D eigenvalue weighted by molar-refractivity contribution is 5.28. The molecule has 3 heterocycles. The molecule has 3 rings (SSSR count). The highest BCUT2D eigenvalue weighted by Crippen LogP contribution is 2.37. The molecule has 22 heavy (non-hydrogen) atoms. The number of rotatable bonds is 5.